The molecule has 1 amide bonds. The number of nitrogens with zero attached hydrogens (tertiary/aromatic N) is 2. The first kappa shape index (κ1) is 15.6. The third-order valence-electron chi connectivity index (χ3n) is 3.28. The van der Waals surface area contributed by atoms with Crippen LogP contribution in [-0.4, -0.2) is 54.8 Å². The minimum atomic E-state index is -4.47. The van der Waals surface area contributed by atoms with Crippen LogP contribution < -0.4 is 10.1 Å². The fourth-order valence-corrected chi connectivity index (χ4v) is 2.14. The van der Waals surface area contributed by atoms with Crippen LogP contribution in [0.2, 0.25) is 0 Å². The summed E-state index contributed by atoms with van der Waals surface area (Å²) in [5.74, 6) is -0.688. The smallest absolute Gasteiger partial charge is 0.422 e. The molecule has 2 heterocycles. The Morgan fingerprint density at radius 1 is 1.57 bits per heavy atom. The lowest BCUT2D eigenvalue weighted by atomic mass is 10.2. The minimum Gasteiger partial charge on any atom is -0.467 e. The monoisotopic (exact) mass is 303 g/mol. The highest BCUT2D eigenvalue weighted by atomic mass is 19.4. The molecule has 1 atom stereocenters. The average Bonchev–Trinajstić information content (AvgIpc) is 2.97. The van der Waals surface area contributed by atoms with E-state index in [0.717, 1.165) is 13.0 Å². The van der Waals surface area contributed by atoms with Crippen molar-refractivity contribution in [1.29, 1.82) is 0 Å². The third-order valence-corrected chi connectivity index (χ3v) is 3.28. The van der Waals surface area contributed by atoms with Crippen LogP contribution >= 0.6 is 0 Å². The van der Waals surface area contributed by atoms with E-state index in [-0.39, 0.29) is 17.5 Å². The number of rotatable bonds is 4. The largest absolute Gasteiger partial charge is 0.467 e. The molecule has 116 valence electrons. The second kappa shape index (κ2) is 6.30. The van der Waals surface area contributed by atoms with Gasteiger partial charge in [-0.3, -0.25) is 4.79 Å². The topological polar surface area (TPSA) is 54.5 Å². The molecule has 8 heteroatoms. The van der Waals surface area contributed by atoms with Crippen molar-refractivity contribution < 1.29 is 22.7 Å². The van der Waals surface area contributed by atoms with Crippen LogP contribution in [0.4, 0.5) is 13.2 Å². The Morgan fingerprint density at radius 2 is 2.33 bits per heavy atom. The Kier molecular flexibility index (Phi) is 4.66. The predicted octanol–water partition coefficient (Wildman–Crippen LogP) is 1.46. The van der Waals surface area contributed by atoms with Crippen molar-refractivity contribution in [2.45, 2.75) is 18.6 Å². The van der Waals surface area contributed by atoms with Crippen LogP contribution in [0.1, 0.15) is 16.8 Å². The lowest BCUT2D eigenvalue weighted by Gasteiger charge is -2.24. The summed E-state index contributed by atoms with van der Waals surface area (Å²) in [6.45, 7) is 0.00694. The van der Waals surface area contributed by atoms with Crippen LogP contribution in [0.3, 0.4) is 0 Å². The molecule has 1 fully saturated rings. The molecule has 1 aromatic heterocycles. The van der Waals surface area contributed by atoms with Crippen LogP contribution in [0.15, 0.2) is 18.3 Å². The van der Waals surface area contributed by atoms with E-state index in [2.05, 4.69) is 15.0 Å². The van der Waals surface area contributed by atoms with Gasteiger partial charge < -0.3 is 15.0 Å². The summed E-state index contributed by atoms with van der Waals surface area (Å²) < 4.78 is 41.3. The van der Waals surface area contributed by atoms with Crippen molar-refractivity contribution in [3.05, 3.63) is 23.9 Å². The van der Waals surface area contributed by atoms with Gasteiger partial charge in [0.05, 0.1) is 0 Å². The molecule has 1 aromatic rings. The summed E-state index contributed by atoms with van der Waals surface area (Å²) in [4.78, 5) is 17.6. The molecule has 0 radical (unpaired) electrons. The van der Waals surface area contributed by atoms with Gasteiger partial charge in [-0.05, 0) is 25.1 Å². The SMILES string of the molecule is CN(C(=O)c1cccnc1OCC(F)(F)F)C1CCNC1. The Hall–Kier alpha value is -1.83. The van der Waals surface area contributed by atoms with Gasteiger partial charge in [-0.1, -0.05) is 0 Å². The number of amides is 1. The molecular weight excluding hydrogens is 287 g/mol. The van der Waals surface area contributed by atoms with Gasteiger partial charge in [0, 0.05) is 25.8 Å². The summed E-state index contributed by atoms with van der Waals surface area (Å²) in [7, 11) is 1.63. The molecule has 1 saturated heterocycles. The quantitative estimate of drug-likeness (QED) is 0.915. The van der Waals surface area contributed by atoms with E-state index < -0.39 is 18.7 Å². The lowest BCUT2D eigenvalue weighted by Crippen LogP contribution is -2.38. The number of carbonyl (C=O) groups excluding carboxylic acids is 1. The highest BCUT2D eigenvalue weighted by molar-refractivity contribution is 5.96. The molecule has 1 aliphatic rings. The highest BCUT2D eigenvalue weighted by Crippen LogP contribution is 2.22. The summed E-state index contributed by atoms with van der Waals surface area (Å²) in [5.41, 5.74) is 0.0381. The second-order valence-corrected chi connectivity index (χ2v) is 4.82. The zero-order valence-corrected chi connectivity index (χ0v) is 11.5. The van der Waals surface area contributed by atoms with Crippen LogP contribution in [0.25, 0.3) is 0 Å². The Morgan fingerprint density at radius 3 is 2.95 bits per heavy atom. The Labute approximate surface area is 120 Å². The van der Waals surface area contributed by atoms with E-state index in [4.69, 9.17) is 0 Å². The molecule has 0 spiro atoms. The molecule has 0 saturated carbocycles. The number of pyridine rings is 1. The molecular formula is C13H16F3N3O2. The molecule has 1 N–H and O–H groups in total. The van der Waals surface area contributed by atoms with Gasteiger partial charge in [-0.25, -0.2) is 4.98 Å². The molecule has 5 nitrogen and oxygen atoms in total. The first-order valence-electron chi connectivity index (χ1n) is 6.51. The fraction of sp³-hybridized carbons (Fsp3) is 0.538. The van der Waals surface area contributed by atoms with Crippen LogP contribution in [0, 0.1) is 0 Å². The van der Waals surface area contributed by atoms with Gasteiger partial charge in [0.2, 0.25) is 5.88 Å². The molecule has 21 heavy (non-hydrogen) atoms. The summed E-state index contributed by atoms with van der Waals surface area (Å²) in [6, 6.07) is 2.93. The van der Waals surface area contributed by atoms with Gasteiger partial charge in [-0.2, -0.15) is 13.2 Å². The number of nitrogens with one attached hydrogen (secondary N) is 1. The summed E-state index contributed by atoms with van der Waals surface area (Å²) in [6.07, 6.45) is -2.38. The summed E-state index contributed by atoms with van der Waals surface area (Å²) in [5, 5.41) is 3.13. The van der Waals surface area contributed by atoms with Gasteiger partial charge >= 0.3 is 6.18 Å². The first-order chi connectivity index (χ1) is 9.88. The number of carbonyl (C=O) groups is 1. The van der Waals surface area contributed by atoms with Crippen molar-refractivity contribution in [3.63, 3.8) is 0 Å². The van der Waals surface area contributed by atoms with Crippen molar-refractivity contribution in [3.8, 4) is 5.88 Å². The van der Waals surface area contributed by atoms with Crippen molar-refractivity contribution in [1.82, 2.24) is 15.2 Å². The van der Waals surface area contributed by atoms with E-state index in [1.54, 1.807) is 7.05 Å². The normalized spacial score (nSPS) is 18.6. The predicted molar refractivity (Wildman–Crippen MR) is 69.2 cm³/mol. The molecule has 0 bridgehead atoms. The van der Waals surface area contributed by atoms with Crippen molar-refractivity contribution >= 4 is 5.91 Å². The van der Waals surface area contributed by atoms with E-state index in [0.29, 0.717) is 6.54 Å². The maximum absolute atomic E-state index is 12.4. The summed E-state index contributed by atoms with van der Waals surface area (Å²) >= 11 is 0. The molecule has 1 aliphatic heterocycles. The standard InChI is InChI=1S/C13H16F3N3O2/c1-19(9-4-6-17-7-9)12(20)10-3-2-5-18-11(10)21-8-13(14,15)16/h2-3,5,9,17H,4,6-8H2,1H3. The average molecular weight is 303 g/mol. The molecule has 1 unspecified atom stereocenters. The maximum atomic E-state index is 12.4. The zero-order chi connectivity index (χ0) is 15.5. The van der Waals surface area contributed by atoms with Gasteiger partial charge in [0.15, 0.2) is 6.61 Å². The molecule has 0 aromatic carbocycles. The molecule has 0 aliphatic carbocycles. The van der Waals surface area contributed by atoms with Gasteiger partial charge in [-0.15, -0.1) is 0 Å². The highest BCUT2D eigenvalue weighted by Gasteiger charge is 2.31. The minimum absolute atomic E-state index is 0.0215. The number of hydrogen-bond acceptors (Lipinski definition) is 4. The number of hydrogen-bond donors (Lipinski definition) is 1. The Balaban J connectivity index is 2.12. The number of halogens is 3. The van der Waals surface area contributed by atoms with E-state index in [9.17, 15) is 18.0 Å². The van der Waals surface area contributed by atoms with E-state index in [1.807, 2.05) is 0 Å². The van der Waals surface area contributed by atoms with Gasteiger partial charge in [0.1, 0.15) is 5.56 Å². The van der Waals surface area contributed by atoms with Crippen LogP contribution in [-0.2, 0) is 0 Å². The van der Waals surface area contributed by atoms with E-state index in [1.165, 1.54) is 23.2 Å². The molecule has 2 rings (SSSR count). The lowest BCUT2D eigenvalue weighted by molar-refractivity contribution is -0.154. The number of ether oxygens (including phenoxy) is 1. The second-order valence-electron chi connectivity index (χ2n) is 4.82. The van der Waals surface area contributed by atoms with Crippen molar-refractivity contribution in [2.75, 3.05) is 26.7 Å². The van der Waals surface area contributed by atoms with Crippen LogP contribution in [0.5, 0.6) is 5.88 Å². The Bertz CT molecular complexity index is 502. The third kappa shape index (κ3) is 4.07. The number of alkyl halides is 3. The number of aromatic nitrogens is 1. The van der Waals surface area contributed by atoms with Crippen molar-refractivity contribution in [2.24, 2.45) is 0 Å². The maximum Gasteiger partial charge on any atom is 0.422 e. The van der Waals surface area contributed by atoms with E-state index >= 15 is 0 Å². The van der Waals surface area contributed by atoms with Gasteiger partial charge in [0.25, 0.3) is 5.91 Å². The zero-order valence-electron chi connectivity index (χ0n) is 11.5. The fourth-order valence-electron chi connectivity index (χ4n) is 2.14. The number of likely N-dealkylation sites (N-methyl/N-ethyl adjacent to an activating group) is 1. The first-order valence-corrected chi connectivity index (χ1v) is 6.51.